The number of halogens is 1. The van der Waals surface area contributed by atoms with E-state index in [0.717, 1.165) is 48.2 Å². The molecule has 262 valence electrons. The van der Waals surface area contributed by atoms with Crippen LogP contribution in [0.3, 0.4) is 0 Å². The van der Waals surface area contributed by atoms with E-state index < -0.39 is 5.91 Å². The highest BCUT2D eigenvalue weighted by Crippen LogP contribution is 2.31. The predicted octanol–water partition coefficient (Wildman–Crippen LogP) is 6.79. The molecule has 3 N–H and O–H groups in total. The van der Waals surface area contributed by atoms with Crippen LogP contribution in [0.25, 0.3) is 33.4 Å². The topological polar surface area (TPSA) is 112 Å². The number of anilines is 2. The third-order valence-corrected chi connectivity index (χ3v) is 9.75. The van der Waals surface area contributed by atoms with Crippen molar-refractivity contribution in [2.75, 3.05) is 50.6 Å². The minimum atomic E-state index is -0.482. The highest BCUT2D eigenvalue weighted by molar-refractivity contribution is 6.04. The smallest absolute Gasteiger partial charge is 0.261 e. The molecule has 10 heteroatoms. The molecule has 2 aliphatic heterocycles. The van der Waals surface area contributed by atoms with Gasteiger partial charge in [-0.15, -0.1) is 0 Å². The maximum atomic E-state index is 15.2. The molecule has 0 bridgehead atoms. The number of morpholine rings is 1. The van der Waals surface area contributed by atoms with Crippen LogP contribution < -0.4 is 16.5 Å². The first-order chi connectivity index (χ1) is 24.8. The highest BCUT2D eigenvalue weighted by atomic mass is 19.1. The average Bonchev–Trinajstić information content (AvgIpc) is 3.15. The molecule has 2 saturated heterocycles. The van der Waals surface area contributed by atoms with Gasteiger partial charge in [0.15, 0.2) is 0 Å². The van der Waals surface area contributed by atoms with Crippen molar-refractivity contribution in [3.8, 4) is 33.4 Å². The second kappa shape index (κ2) is 15.4. The molecule has 2 aliphatic rings. The van der Waals surface area contributed by atoms with E-state index in [0.29, 0.717) is 79.2 Å². The Bertz CT molecular complexity index is 2070. The van der Waals surface area contributed by atoms with Crippen molar-refractivity contribution in [2.24, 2.45) is 5.92 Å². The summed E-state index contributed by atoms with van der Waals surface area (Å²) in [4.78, 5) is 34.0. The summed E-state index contributed by atoms with van der Waals surface area (Å²) < 4.78 is 28.1. The molecule has 0 aliphatic carbocycles. The summed E-state index contributed by atoms with van der Waals surface area (Å²) in [6.45, 7) is 7.54. The van der Waals surface area contributed by atoms with Gasteiger partial charge in [0.05, 0.1) is 13.2 Å². The lowest BCUT2D eigenvalue weighted by Gasteiger charge is -2.26. The lowest BCUT2D eigenvalue weighted by molar-refractivity contribution is 0.0337. The molecule has 9 nitrogen and oxygen atoms in total. The van der Waals surface area contributed by atoms with Crippen LogP contribution in [0.15, 0.2) is 96.2 Å². The fourth-order valence-electron chi connectivity index (χ4n) is 6.72. The summed E-state index contributed by atoms with van der Waals surface area (Å²) in [6, 6.07) is 22.1. The maximum Gasteiger partial charge on any atom is 0.261 e. The minimum absolute atomic E-state index is 0.0774. The quantitative estimate of drug-likeness (QED) is 0.176. The van der Waals surface area contributed by atoms with E-state index in [4.69, 9.17) is 15.2 Å². The number of benzene rings is 3. The van der Waals surface area contributed by atoms with Gasteiger partial charge in [0.1, 0.15) is 17.2 Å². The molecule has 0 unspecified atom stereocenters. The van der Waals surface area contributed by atoms with Gasteiger partial charge in [-0.1, -0.05) is 54.1 Å². The van der Waals surface area contributed by atoms with Gasteiger partial charge in [-0.25, -0.2) is 9.37 Å². The van der Waals surface area contributed by atoms with Gasteiger partial charge in [-0.2, -0.15) is 0 Å². The van der Waals surface area contributed by atoms with Gasteiger partial charge < -0.3 is 25.1 Å². The van der Waals surface area contributed by atoms with Crippen LogP contribution in [-0.4, -0.2) is 59.9 Å². The Morgan fingerprint density at radius 3 is 2.25 bits per heavy atom. The van der Waals surface area contributed by atoms with Gasteiger partial charge in [0, 0.05) is 85.9 Å². The first-order valence-corrected chi connectivity index (χ1v) is 17.5. The molecule has 2 fully saturated rings. The van der Waals surface area contributed by atoms with E-state index in [1.54, 1.807) is 24.5 Å². The van der Waals surface area contributed by atoms with Crippen molar-refractivity contribution in [1.29, 1.82) is 0 Å². The molecule has 2 aromatic heterocycles. The number of nitrogens with zero attached hydrogens (tertiary/aromatic N) is 3. The van der Waals surface area contributed by atoms with E-state index in [9.17, 15) is 9.59 Å². The first kappa shape index (κ1) is 34.3. The van der Waals surface area contributed by atoms with Gasteiger partial charge in [-0.05, 0) is 66.6 Å². The van der Waals surface area contributed by atoms with Crippen LogP contribution in [0.1, 0.15) is 34.3 Å². The normalized spacial score (nSPS) is 15.5. The number of rotatable bonds is 9. The lowest BCUT2D eigenvalue weighted by Crippen LogP contribution is -2.35. The Labute approximate surface area is 296 Å². The number of pyridine rings is 2. The van der Waals surface area contributed by atoms with Crippen LogP contribution in [0.5, 0.6) is 0 Å². The summed E-state index contributed by atoms with van der Waals surface area (Å²) in [7, 11) is 0. The van der Waals surface area contributed by atoms with Gasteiger partial charge in [0.25, 0.3) is 5.91 Å². The van der Waals surface area contributed by atoms with Crippen LogP contribution >= 0.6 is 0 Å². The van der Waals surface area contributed by atoms with Crippen molar-refractivity contribution in [3.63, 3.8) is 0 Å². The van der Waals surface area contributed by atoms with Crippen LogP contribution in [-0.2, 0) is 22.6 Å². The Kier molecular flexibility index (Phi) is 10.3. The van der Waals surface area contributed by atoms with Crippen molar-refractivity contribution in [1.82, 2.24) is 14.5 Å². The number of hydrogen-bond acceptors (Lipinski definition) is 7. The summed E-state index contributed by atoms with van der Waals surface area (Å²) in [5, 5.41) is 2.92. The highest BCUT2D eigenvalue weighted by Gasteiger charge is 2.20. The van der Waals surface area contributed by atoms with Crippen molar-refractivity contribution in [3.05, 3.63) is 124 Å². The van der Waals surface area contributed by atoms with E-state index in [-0.39, 0.29) is 16.8 Å². The molecule has 0 radical (unpaired) electrons. The zero-order valence-electron chi connectivity index (χ0n) is 28.7. The standard InChI is InChI=1S/C41H42FN5O4/c1-27-2-4-30(5-3-27)36-25-47(23-28-12-16-50-17-13-28)26-37(39(36)48)41(49)45-34-10-8-29(9-11-34)35-20-33(22-44-40(35)43)31-6-7-32(38(42)21-31)24-46-14-18-51-19-15-46/h2-11,20-22,25-26,28H,12-19,23-24H2,1H3,(H2,43,44)(H,45,49). The Balaban J connectivity index is 1.10. The first-order valence-electron chi connectivity index (χ1n) is 17.5. The Morgan fingerprint density at radius 1 is 0.863 bits per heavy atom. The number of carbonyl (C=O) groups excluding carboxylic acids is 1. The number of hydrogen-bond donors (Lipinski definition) is 2. The molecule has 51 heavy (non-hydrogen) atoms. The molecule has 3 aromatic carbocycles. The largest absolute Gasteiger partial charge is 0.383 e. The van der Waals surface area contributed by atoms with Crippen LogP contribution in [0.4, 0.5) is 15.9 Å². The number of nitrogen functional groups attached to an aromatic ring is 1. The van der Waals surface area contributed by atoms with E-state index in [2.05, 4.69) is 15.2 Å². The molecular weight excluding hydrogens is 645 g/mol. The SMILES string of the molecule is Cc1ccc(-c2cn(CC3CCOCC3)cc(C(=O)Nc3ccc(-c4cc(-c5ccc(CN6CCOCC6)c(F)c5)cnc4N)cc3)c2=O)cc1. The monoisotopic (exact) mass is 687 g/mol. The van der Waals surface area contributed by atoms with Crippen LogP contribution in [0.2, 0.25) is 0 Å². The van der Waals surface area contributed by atoms with Crippen molar-refractivity contribution < 1.29 is 18.7 Å². The second-order valence-corrected chi connectivity index (χ2v) is 13.4. The third-order valence-electron chi connectivity index (χ3n) is 9.75. The third kappa shape index (κ3) is 8.09. The van der Waals surface area contributed by atoms with E-state index in [1.165, 1.54) is 6.07 Å². The fourth-order valence-corrected chi connectivity index (χ4v) is 6.72. The fraction of sp³-hybridized carbons (Fsp3) is 0.293. The number of ether oxygens (including phenoxy) is 2. The maximum absolute atomic E-state index is 15.2. The summed E-state index contributed by atoms with van der Waals surface area (Å²) >= 11 is 0. The van der Waals surface area contributed by atoms with E-state index >= 15 is 4.39 Å². The van der Waals surface area contributed by atoms with Gasteiger partial charge in [0.2, 0.25) is 5.43 Å². The molecular formula is C41H42FN5O4. The molecule has 1 amide bonds. The van der Waals surface area contributed by atoms with Crippen LogP contribution in [0, 0.1) is 18.7 Å². The molecule has 7 rings (SSSR count). The summed E-state index contributed by atoms with van der Waals surface area (Å²) in [5.74, 6) is -0.0189. The molecule has 0 spiro atoms. The Morgan fingerprint density at radius 2 is 1.53 bits per heavy atom. The second-order valence-electron chi connectivity index (χ2n) is 13.4. The number of nitrogens with two attached hydrogens (primary N) is 1. The number of aromatic nitrogens is 2. The number of amides is 1. The zero-order valence-corrected chi connectivity index (χ0v) is 28.7. The molecule has 0 saturated carbocycles. The lowest BCUT2D eigenvalue weighted by atomic mass is 9.99. The predicted molar refractivity (Wildman–Crippen MR) is 198 cm³/mol. The number of aryl methyl sites for hydroxylation is 1. The average molecular weight is 688 g/mol. The van der Waals surface area contributed by atoms with Crippen molar-refractivity contribution in [2.45, 2.75) is 32.9 Å². The molecule has 4 heterocycles. The van der Waals surface area contributed by atoms with Crippen molar-refractivity contribution >= 4 is 17.4 Å². The molecule has 0 atom stereocenters. The zero-order chi connectivity index (χ0) is 35.3. The Hall–Kier alpha value is -5.16. The van der Waals surface area contributed by atoms with Gasteiger partial charge >= 0.3 is 0 Å². The summed E-state index contributed by atoms with van der Waals surface area (Å²) in [5.41, 5.74) is 12.5. The van der Waals surface area contributed by atoms with E-state index in [1.807, 2.05) is 72.3 Å². The van der Waals surface area contributed by atoms with Gasteiger partial charge in [-0.3, -0.25) is 14.5 Å². The molecule has 5 aromatic rings. The number of nitrogens with one attached hydrogen (secondary N) is 1. The minimum Gasteiger partial charge on any atom is -0.383 e. The summed E-state index contributed by atoms with van der Waals surface area (Å²) in [6.07, 6.45) is 7.02. The number of carbonyl (C=O) groups is 1.